The van der Waals surface area contributed by atoms with Gasteiger partial charge < -0.3 is 33.9 Å². The molecule has 1 amide bonds. The molecular formula is C29H36N2O7. The zero-order chi connectivity index (χ0) is 27.6. The third-order valence-electron chi connectivity index (χ3n) is 7.26. The second-order valence-electron chi connectivity index (χ2n) is 9.43. The number of hydrogen-bond donors (Lipinski definition) is 1. The lowest BCUT2D eigenvalue weighted by Gasteiger charge is -2.29. The minimum absolute atomic E-state index is 0.0238. The molecule has 1 fully saturated rings. The molecule has 1 N–H and O–H groups in total. The smallest absolute Gasteiger partial charge is 0.295 e. The number of hydrogen-bond acceptors (Lipinski definition) is 8. The van der Waals surface area contributed by atoms with Gasteiger partial charge in [0.2, 0.25) is 5.75 Å². The summed E-state index contributed by atoms with van der Waals surface area (Å²) in [6, 6.07) is 7.91. The summed E-state index contributed by atoms with van der Waals surface area (Å²) in [5.41, 5.74) is 2.00. The van der Waals surface area contributed by atoms with Crippen LogP contribution in [-0.2, 0) is 16.0 Å². The molecule has 2 aromatic carbocycles. The maximum absolute atomic E-state index is 13.5. The maximum atomic E-state index is 13.5. The van der Waals surface area contributed by atoms with Crippen molar-refractivity contribution in [2.75, 3.05) is 47.5 Å². The van der Waals surface area contributed by atoms with E-state index in [4.69, 9.17) is 18.9 Å². The molecule has 9 nitrogen and oxygen atoms in total. The Morgan fingerprint density at radius 2 is 1.71 bits per heavy atom. The topological polar surface area (TPSA) is 97.8 Å². The fraction of sp³-hybridized carbons (Fsp3) is 0.448. The lowest BCUT2D eigenvalue weighted by atomic mass is 9.94. The Labute approximate surface area is 223 Å². The van der Waals surface area contributed by atoms with Crippen molar-refractivity contribution in [1.29, 1.82) is 0 Å². The zero-order valence-corrected chi connectivity index (χ0v) is 22.9. The molecular weight excluding hydrogens is 488 g/mol. The molecule has 2 heterocycles. The predicted molar refractivity (Wildman–Crippen MR) is 143 cm³/mol. The first-order valence-electron chi connectivity index (χ1n) is 12.9. The highest BCUT2D eigenvalue weighted by Crippen LogP contribution is 2.46. The van der Waals surface area contributed by atoms with E-state index in [0.717, 1.165) is 24.4 Å². The SMILES string of the molecule is CCN(CC)CCN1C(=O)C(=O)C(=C(O)c2ccc3c(c2)C[C@@H](C)O3)[C@@H]1c1cc(OC)c(OC)c(OC)c1. The predicted octanol–water partition coefficient (Wildman–Crippen LogP) is 3.80. The van der Waals surface area contributed by atoms with Gasteiger partial charge >= 0.3 is 0 Å². The zero-order valence-electron chi connectivity index (χ0n) is 22.9. The van der Waals surface area contributed by atoms with E-state index in [0.29, 0.717) is 47.9 Å². The van der Waals surface area contributed by atoms with Crippen molar-refractivity contribution in [1.82, 2.24) is 9.80 Å². The average molecular weight is 525 g/mol. The van der Waals surface area contributed by atoms with Crippen molar-refractivity contribution >= 4 is 17.4 Å². The molecule has 0 aliphatic carbocycles. The van der Waals surface area contributed by atoms with Crippen LogP contribution in [-0.4, -0.2) is 80.2 Å². The molecule has 4 rings (SSSR count). The van der Waals surface area contributed by atoms with Gasteiger partial charge in [-0.1, -0.05) is 13.8 Å². The van der Waals surface area contributed by atoms with Gasteiger partial charge in [-0.05, 0) is 61.5 Å². The minimum Gasteiger partial charge on any atom is -0.507 e. The van der Waals surface area contributed by atoms with Crippen LogP contribution >= 0.6 is 0 Å². The van der Waals surface area contributed by atoms with Crippen LogP contribution in [0.3, 0.4) is 0 Å². The lowest BCUT2D eigenvalue weighted by Crippen LogP contribution is -2.38. The summed E-state index contributed by atoms with van der Waals surface area (Å²) >= 11 is 0. The van der Waals surface area contributed by atoms with E-state index in [-0.39, 0.29) is 17.4 Å². The number of aliphatic hydroxyl groups is 1. The van der Waals surface area contributed by atoms with Crippen molar-refractivity contribution in [3.05, 3.63) is 52.6 Å². The van der Waals surface area contributed by atoms with Crippen LogP contribution in [0, 0.1) is 0 Å². The number of carbonyl (C=O) groups excluding carboxylic acids is 2. The highest BCUT2D eigenvalue weighted by molar-refractivity contribution is 6.46. The van der Waals surface area contributed by atoms with Gasteiger partial charge in [-0.2, -0.15) is 0 Å². The Morgan fingerprint density at radius 3 is 2.29 bits per heavy atom. The molecule has 9 heteroatoms. The number of likely N-dealkylation sites (N-methyl/N-ethyl adjacent to an activating group) is 1. The molecule has 0 spiro atoms. The third-order valence-corrected chi connectivity index (χ3v) is 7.26. The molecule has 2 aromatic rings. The van der Waals surface area contributed by atoms with Crippen LogP contribution in [0.2, 0.25) is 0 Å². The first kappa shape index (κ1) is 27.3. The van der Waals surface area contributed by atoms with Crippen LogP contribution in [0.25, 0.3) is 5.76 Å². The van der Waals surface area contributed by atoms with Crippen molar-refractivity contribution in [3.8, 4) is 23.0 Å². The molecule has 0 saturated carbocycles. The number of rotatable bonds is 10. The number of likely N-dealkylation sites (tertiary alicyclic amines) is 1. The highest BCUT2D eigenvalue weighted by atomic mass is 16.5. The van der Waals surface area contributed by atoms with Crippen molar-refractivity contribution in [3.63, 3.8) is 0 Å². The maximum Gasteiger partial charge on any atom is 0.295 e. The van der Waals surface area contributed by atoms with Crippen molar-refractivity contribution in [2.24, 2.45) is 0 Å². The van der Waals surface area contributed by atoms with E-state index in [1.165, 1.54) is 26.2 Å². The molecule has 0 radical (unpaired) electrons. The summed E-state index contributed by atoms with van der Waals surface area (Å²) < 4.78 is 22.4. The number of aliphatic hydroxyl groups excluding tert-OH is 1. The number of ketones is 1. The molecule has 0 unspecified atom stereocenters. The van der Waals surface area contributed by atoms with E-state index < -0.39 is 17.7 Å². The number of nitrogens with zero attached hydrogens (tertiary/aromatic N) is 2. The number of benzene rings is 2. The first-order valence-corrected chi connectivity index (χ1v) is 12.9. The number of ether oxygens (including phenoxy) is 4. The second kappa shape index (κ2) is 11.3. The fourth-order valence-corrected chi connectivity index (χ4v) is 5.23. The summed E-state index contributed by atoms with van der Waals surface area (Å²) in [6.07, 6.45) is 0.734. The summed E-state index contributed by atoms with van der Waals surface area (Å²) in [5.74, 6) is 0.317. The largest absolute Gasteiger partial charge is 0.507 e. The van der Waals surface area contributed by atoms with Crippen molar-refractivity contribution < 1.29 is 33.6 Å². The summed E-state index contributed by atoms with van der Waals surface area (Å²) in [6.45, 7) is 8.58. The first-order chi connectivity index (χ1) is 18.3. The Kier molecular flexibility index (Phi) is 8.16. The molecule has 2 atom stereocenters. The van der Waals surface area contributed by atoms with Gasteiger partial charge in [0.1, 0.15) is 17.6 Å². The van der Waals surface area contributed by atoms with E-state index in [1.807, 2.05) is 26.8 Å². The van der Waals surface area contributed by atoms with Gasteiger partial charge in [0.15, 0.2) is 11.5 Å². The van der Waals surface area contributed by atoms with Crippen LogP contribution in [0.4, 0.5) is 0 Å². The van der Waals surface area contributed by atoms with Crippen LogP contribution in [0.1, 0.15) is 43.5 Å². The second-order valence-corrected chi connectivity index (χ2v) is 9.43. The number of Topliss-reactive ketones (excluding diaryl/α,β-unsaturated/α-hetero) is 1. The van der Waals surface area contributed by atoms with Crippen LogP contribution < -0.4 is 18.9 Å². The van der Waals surface area contributed by atoms with Gasteiger partial charge in [0, 0.05) is 25.1 Å². The van der Waals surface area contributed by atoms with Gasteiger partial charge in [0.25, 0.3) is 11.7 Å². The minimum atomic E-state index is -0.845. The summed E-state index contributed by atoms with van der Waals surface area (Å²) in [5, 5.41) is 11.5. The number of methoxy groups -OCH3 is 3. The molecule has 0 bridgehead atoms. The third kappa shape index (κ3) is 4.90. The molecule has 1 saturated heterocycles. The molecule has 2 aliphatic heterocycles. The normalized spacial score (nSPS) is 20.0. The number of fused-ring (bicyclic) bond motifs is 1. The van der Waals surface area contributed by atoms with Gasteiger partial charge in [-0.3, -0.25) is 9.59 Å². The average Bonchev–Trinajstić information content (AvgIpc) is 3.43. The van der Waals surface area contributed by atoms with E-state index in [9.17, 15) is 14.7 Å². The quantitative estimate of drug-likeness (QED) is 0.285. The monoisotopic (exact) mass is 524 g/mol. The summed E-state index contributed by atoms with van der Waals surface area (Å²) in [4.78, 5) is 30.6. The Balaban J connectivity index is 1.87. The fourth-order valence-electron chi connectivity index (χ4n) is 5.23. The van der Waals surface area contributed by atoms with E-state index in [2.05, 4.69) is 4.90 Å². The molecule has 0 aromatic heterocycles. The van der Waals surface area contributed by atoms with Gasteiger partial charge in [-0.25, -0.2) is 0 Å². The Morgan fingerprint density at radius 1 is 1.05 bits per heavy atom. The van der Waals surface area contributed by atoms with Gasteiger partial charge in [-0.15, -0.1) is 0 Å². The van der Waals surface area contributed by atoms with Crippen LogP contribution in [0.15, 0.2) is 35.9 Å². The lowest BCUT2D eigenvalue weighted by molar-refractivity contribution is -0.140. The standard InChI is InChI=1S/C29H36N2O7/c1-7-30(8-2)11-12-31-25(20-15-22(35-4)28(37-6)23(16-20)36-5)24(27(33)29(31)34)26(32)18-9-10-21-19(14-18)13-17(3)38-21/h9-10,14-17,25,32H,7-8,11-13H2,1-6H3/t17-,25+/m1/s1. The van der Waals surface area contributed by atoms with E-state index in [1.54, 1.807) is 24.3 Å². The summed E-state index contributed by atoms with van der Waals surface area (Å²) in [7, 11) is 4.52. The Bertz CT molecular complexity index is 1230. The van der Waals surface area contributed by atoms with Crippen LogP contribution in [0.5, 0.6) is 23.0 Å². The highest BCUT2D eigenvalue weighted by Gasteiger charge is 2.46. The molecule has 204 valence electrons. The Hall–Kier alpha value is -3.72. The molecule has 2 aliphatic rings. The van der Waals surface area contributed by atoms with Gasteiger partial charge in [0.05, 0.1) is 32.9 Å². The van der Waals surface area contributed by atoms with E-state index >= 15 is 0 Å². The number of carbonyl (C=O) groups is 2. The number of amides is 1. The van der Waals surface area contributed by atoms with Crippen molar-refractivity contribution in [2.45, 2.75) is 39.3 Å². The molecule has 38 heavy (non-hydrogen) atoms.